The van der Waals surface area contributed by atoms with Crippen molar-refractivity contribution in [1.82, 2.24) is 0 Å². The van der Waals surface area contributed by atoms with Crippen LogP contribution in [0.15, 0.2) is 59.7 Å². The summed E-state index contributed by atoms with van der Waals surface area (Å²) in [6.07, 6.45) is -11.4. The zero-order valence-corrected chi connectivity index (χ0v) is 18.9. The topological polar surface area (TPSA) is 57.5 Å². The minimum atomic E-state index is -4.55. The highest BCUT2D eigenvalue weighted by atomic mass is 19.4. The van der Waals surface area contributed by atoms with Gasteiger partial charge in [0.15, 0.2) is 5.78 Å². The molecule has 35 heavy (non-hydrogen) atoms. The number of carbonyl (C=O) groups is 1. The molecule has 0 spiro atoms. The van der Waals surface area contributed by atoms with E-state index in [4.69, 9.17) is 0 Å². The fraction of sp³-hybridized carbons (Fsp3) is 0.423. The minimum Gasteiger partial charge on any atom is -0.388 e. The lowest BCUT2D eigenvalue weighted by Crippen LogP contribution is -2.55. The lowest BCUT2D eigenvalue weighted by Gasteiger charge is -2.57. The number of rotatable bonds is 5. The molecule has 2 bridgehead atoms. The molecule has 2 aromatic carbocycles. The molecule has 5 rings (SSSR count). The molecule has 2 unspecified atom stereocenters. The van der Waals surface area contributed by atoms with Crippen molar-refractivity contribution in [3.05, 3.63) is 81.9 Å². The van der Waals surface area contributed by atoms with Crippen molar-refractivity contribution in [1.29, 1.82) is 0 Å². The molecule has 1 saturated carbocycles. The maximum Gasteiger partial charge on any atom is 0.416 e. The molecule has 0 amide bonds. The summed E-state index contributed by atoms with van der Waals surface area (Å²) in [6, 6.07) is 7.94. The Kier molecular flexibility index (Phi) is 6.17. The van der Waals surface area contributed by atoms with Crippen molar-refractivity contribution in [2.24, 2.45) is 17.3 Å². The van der Waals surface area contributed by atoms with Gasteiger partial charge in [0.05, 0.1) is 17.2 Å². The second-order valence-electron chi connectivity index (χ2n) is 9.83. The number of ketones is 1. The molecule has 2 aromatic rings. The number of hydrogen-bond acceptors (Lipinski definition) is 3. The summed E-state index contributed by atoms with van der Waals surface area (Å²) in [5.74, 6) is -0.841. The molecule has 3 aliphatic carbocycles. The highest BCUT2D eigenvalue weighted by Gasteiger charge is 2.58. The van der Waals surface area contributed by atoms with Gasteiger partial charge in [-0.1, -0.05) is 43.7 Å². The maximum atomic E-state index is 13.3. The summed E-state index contributed by atoms with van der Waals surface area (Å²) in [5.41, 5.74) is -1.31. The van der Waals surface area contributed by atoms with E-state index in [9.17, 15) is 41.4 Å². The van der Waals surface area contributed by atoms with E-state index in [1.54, 1.807) is 0 Å². The first kappa shape index (κ1) is 25.4. The van der Waals surface area contributed by atoms with Gasteiger partial charge in [-0.3, -0.25) is 4.79 Å². The molecule has 4 atom stereocenters. The Hall–Kier alpha value is -2.65. The van der Waals surface area contributed by atoms with Gasteiger partial charge in [0, 0.05) is 11.5 Å². The van der Waals surface area contributed by atoms with Gasteiger partial charge in [-0.15, -0.1) is 0 Å². The van der Waals surface area contributed by atoms with Crippen molar-refractivity contribution in [2.45, 2.75) is 51.2 Å². The van der Waals surface area contributed by atoms with Gasteiger partial charge in [-0.25, -0.2) is 0 Å². The predicted molar refractivity (Wildman–Crippen MR) is 115 cm³/mol. The van der Waals surface area contributed by atoms with E-state index >= 15 is 0 Å². The van der Waals surface area contributed by atoms with E-state index in [1.165, 1.54) is 12.1 Å². The Bertz CT molecular complexity index is 1140. The first-order chi connectivity index (χ1) is 16.1. The third-order valence-corrected chi connectivity index (χ3v) is 7.48. The number of aliphatic hydroxyl groups is 2. The number of aliphatic hydroxyl groups excluding tert-OH is 2. The van der Waals surface area contributed by atoms with Gasteiger partial charge >= 0.3 is 12.4 Å². The Morgan fingerprint density at radius 1 is 0.829 bits per heavy atom. The van der Waals surface area contributed by atoms with Crippen LogP contribution >= 0.6 is 0 Å². The van der Waals surface area contributed by atoms with E-state index in [2.05, 4.69) is 0 Å². The Morgan fingerprint density at radius 3 is 1.71 bits per heavy atom. The number of alkyl halides is 6. The van der Waals surface area contributed by atoms with E-state index in [-0.39, 0.29) is 40.7 Å². The van der Waals surface area contributed by atoms with Gasteiger partial charge in [-0.2, -0.15) is 26.3 Å². The number of fused-ring (bicyclic) bond motifs is 1. The van der Waals surface area contributed by atoms with Crippen LogP contribution in [0.4, 0.5) is 26.3 Å². The molecule has 0 radical (unpaired) electrons. The van der Waals surface area contributed by atoms with Gasteiger partial charge < -0.3 is 10.2 Å². The van der Waals surface area contributed by atoms with Crippen LogP contribution in [0.3, 0.4) is 0 Å². The summed E-state index contributed by atoms with van der Waals surface area (Å²) < 4.78 is 77.4. The fourth-order valence-corrected chi connectivity index (χ4v) is 5.30. The third-order valence-electron chi connectivity index (χ3n) is 7.48. The van der Waals surface area contributed by atoms with E-state index in [0.717, 1.165) is 36.4 Å². The predicted octanol–water partition coefficient (Wildman–Crippen LogP) is 6.42. The summed E-state index contributed by atoms with van der Waals surface area (Å²) in [6.45, 7) is 3.80. The van der Waals surface area contributed by atoms with Crippen molar-refractivity contribution in [2.75, 3.05) is 0 Å². The molecule has 3 aliphatic rings. The van der Waals surface area contributed by atoms with Gasteiger partial charge in [0.25, 0.3) is 0 Å². The molecule has 2 N–H and O–H groups in total. The van der Waals surface area contributed by atoms with Crippen LogP contribution < -0.4 is 0 Å². The summed E-state index contributed by atoms with van der Waals surface area (Å²) in [4.78, 5) is 13.3. The van der Waals surface area contributed by atoms with Crippen LogP contribution in [-0.2, 0) is 17.1 Å². The highest BCUT2D eigenvalue weighted by molar-refractivity contribution is 6.02. The number of halogens is 6. The third kappa shape index (κ3) is 4.51. The quantitative estimate of drug-likeness (QED) is 0.468. The standard InChI is InChI=1S/C26H24F6O3/c1-24(2)18-12-19(24)23(35)21(22(34)14-5-9-16(10-6-14)26(30,31)32)17(18)11-20(33)13-3-7-15(8-4-13)25(27,28)29/h3-10,18-20,22,33-34H,11-12H2,1-2H3/t18-,19+,20?,22?/m1/s1. The van der Waals surface area contributed by atoms with Crippen LogP contribution in [0.1, 0.15) is 61.2 Å². The van der Waals surface area contributed by atoms with Crippen molar-refractivity contribution >= 4 is 5.78 Å². The van der Waals surface area contributed by atoms with Crippen LogP contribution in [0.5, 0.6) is 0 Å². The minimum absolute atomic E-state index is 0.0521. The summed E-state index contributed by atoms with van der Waals surface area (Å²) >= 11 is 0. The van der Waals surface area contributed by atoms with Crippen LogP contribution in [0.2, 0.25) is 0 Å². The summed E-state index contributed by atoms with van der Waals surface area (Å²) in [7, 11) is 0. The average Bonchev–Trinajstić information content (AvgIpc) is 2.77. The highest BCUT2D eigenvalue weighted by Crippen LogP contribution is 2.62. The van der Waals surface area contributed by atoms with Gasteiger partial charge in [0.1, 0.15) is 6.10 Å². The number of Topliss-reactive ketones (excluding diaryl/α,β-unsaturated/α-hetero) is 1. The maximum absolute atomic E-state index is 13.3. The van der Waals surface area contributed by atoms with E-state index in [0.29, 0.717) is 12.0 Å². The number of benzene rings is 2. The smallest absolute Gasteiger partial charge is 0.388 e. The molecule has 0 heterocycles. The van der Waals surface area contributed by atoms with Crippen molar-refractivity contribution in [3.63, 3.8) is 0 Å². The zero-order chi connectivity index (χ0) is 25.9. The molecular weight excluding hydrogens is 474 g/mol. The van der Waals surface area contributed by atoms with Crippen molar-refractivity contribution in [3.8, 4) is 0 Å². The fourth-order valence-electron chi connectivity index (χ4n) is 5.30. The second-order valence-corrected chi connectivity index (χ2v) is 9.83. The Morgan fingerprint density at radius 2 is 1.29 bits per heavy atom. The SMILES string of the molecule is CC1(C)[C@@H]2C[C@H]1C(=O)C(C(O)c1ccc(C(F)(F)F)cc1)=C2CC(O)c1ccc(C(F)(F)F)cc1. The van der Waals surface area contributed by atoms with Crippen LogP contribution in [-0.4, -0.2) is 16.0 Å². The van der Waals surface area contributed by atoms with Crippen LogP contribution in [0, 0.1) is 17.3 Å². The van der Waals surface area contributed by atoms with Gasteiger partial charge in [0.2, 0.25) is 0 Å². The molecule has 0 aliphatic heterocycles. The first-order valence-electron chi connectivity index (χ1n) is 11.1. The lowest BCUT2D eigenvalue weighted by atomic mass is 9.46. The second kappa shape index (κ2) is 8.48. The zero-order valence-electron chi connectivity index (χ0n) is 18.9. The van der Waals surface area contributed by atoms with E-state index < -0.39 is 41.1 Å². The molecular formula is C26H24F6O3. The molecule has 3 nitrogen and oxygen atoms in total. The van der Waals surface area contributed by atoms with E-state index in [1.807, 2.05) is 13.8 Å². The normalized spacial score (nSPS) is 23.7. The lowest BCUT2D eigenvalue weighted by molar-refractivity contribution is -0.138. The molecule has 9 heteroatoms. The monoisotopic (exact) mass is 498 g/mol. The molecule has 0 saturated heterocycles. The van der Waals surface area contributed by atoms with Crippen molar-refractivity contribution < 1.29 is 41.4 Å². The molecule has 1 fully saturated rings. The first-order valence-corrected chi connectivity index (χ1v) is 11.1. The Labute approximate surface area is 198 Å². The molecule has 188 valence electrons. The number of hydrogen-bond donors (Lipinski definition) is 2. The average molecular weight is 498 g/mol. The van der Waals surface area contributed by atoms with Crippen LogP contribution in [0.25, 0.3) is 0 Å². The van der Waals surface area contributed by atoms with Gasteiger partial charge in [-0.05, 0) is 59.6 Å². The number of carbonyl (C=O) groups excluding carboxylic acids is 1. The largest absolute Gasteiger partial charge is 0.416 e. The summed E-state index contributed by atoms with van der Waals surface area (Å²) in [5, 5.41) is 21.9. The molecule has 0 aromatic heterocycles. The Balaban J connectivity index is 1.68.